The topological polar surface area (TPSA) is 45.2 Å². The second-order valence-electron chi connectivity index (χ2n) is 8.66. The van der Waals surface area contributed by atoms with Crippen LogP contribution in [0.2, 0.25) is 0 Å². The van der Waals surface area contributed by atoms with E-state index in [1.54, 1.807) is 0 Å². The van der Waals surface area contributed by atoms with E-state index in [4.69, 9.17) is 9.47 Å². The number of rotatable bonds is 8. The van der Waals surface area contributed by atoms with E-state index in [1.807, 2.05) is 25.1 Å². The molecule has 1 fully saturated rings. The van der Waals surface area contributed by atoms with Crippen molar-refractivity contribution in [3.05, 3.63) is 66.2 Å². The number of nitrogens with zero attached hydrogens (tertiary/aromatic N) is 2. The lowest BCUT2D eigenvalue weighted by Crippen LogP contribution is -2.47. The fourth-order valence-electron chi connectivity index (χ4n) is 4.62. The van der Waals surface area contributed by atoms with Gasteiger partial charge in [-0.15, -0.1) is 6.58 Å². The minimum absolute atomic E-state index is 0.127. The molecule has 1 N–H and O–H groups in total. The molecule has 4 rings (SSSR count). The maximum Gasteiger partial charge on any atom is 0.184 e. The minimum atomic E-state index is -0.394. The maximum absolute atomic E-state index is 10.9. The summed E-state index contributed by atoms with van der Waals surface area (Å²) in [5, 5.41) is 10.9. The van der Waals surface area contributed by atoms with Gasteiger partial charge >= 0.3 is 0 Å². The molecule has 2 heterocycles. The van der Waals surface area contributed by atoms with E-state index in [0.717, 1.165) is 61.9 Å². The van der Waals surface area contributed by atoms with Crippen molar-refractivity contribution in [2.45, 2.75) is 31.8 Å². The van der Waals surface area contributed by atoms with Crippen LogP contribution in [0.15, 0.2) is 60.7 Å². The van der Waals surface area contributed by atoms with Crippen molar-refractivity contribution in [2.24, 2.45) is 0 Å². The van der Waals surface area contributed by atoms with Crippen molar-refractivity contribution in [1.29, 1.82) is 0 Å². The molecule has 166 valence electrons. The zero-order chi connectivity index (χ0) is 21.6. The molecule has 2 aliphatic heterocycles. The van der Waals surface area contributed by atoms with Crippen molar-refractivity contribution in [3.8, 4) is 11.5 Å². The molecule has 0 saturated carbocycles. The highest BCUT2D eigenvalue weighted by Crippen LogP contribution is 2.39. The Bertz CT molecular complexity index is 862. The van der Waals surface area contributed by atoms with E-state index < -0.39 is 6.10 Å². The first-order valence-electron chi connectivity index (χ1n) is 11.3. The Kier molecular flexibility index (Phi) is 7.15. The Morgan fingerprint density at radius 1 is 1.00 bits per heavy atom. The lowest BCUT2D eigenvalue weighted by molar-refractivity contribution is 0.128. The highest BCUT2D eigenvalue weighted by Gasteiger charge is 2.26. The molecule has 5 nitrogen and oxygen atoms in total. The summed E-state index contributed by atoms with van der Waals surface area (Å²) in [6.45, 7) is 12.1. The molecule has 0 amide bonds. The van der Waals surface area contributed by atoms with Crippen LogP contribution >= 0.6 is 0 Å². The van der Waals surface area contributed by atoms with Gasteiger partial charge in [0.15, 0.2) is 11.5 Å². The lowest BCUT2D eigenvalue weighted by Gasteiger charge is -2.38. The van der Waals surface area contributed by atoms with Gasteiger partial charge in [0.05, 0.1) is 11.8 Å². The first-order valence-corrected chi connectivity index (χ1v) is 11.3. The van der Waals surface area contributed by atoms with Gasteiger partial charge in [-0.25, -0.2) is 0 Å². The van der Waals surface area contributed by atoms with E-state index in [2.05, 4.69) is 46.7 Å². The van der Waals surface area contributed by atoms with E-state index in [-0.39, 0.29) is 5.92 Å². The number of para-hydroxylation sites is 1. The molecule has 1 saturated heterocycles. The Morgan fingerprint density at radius 3 is 2.48 bits per heavy atom. The van der Waals surface area contributed by atoms with Crippen molar-refractivity contribution in [3.63, 3.8) is 0 Å². The second-order valence-corrected chi connectivity index (χ2v) is 8.66. The monoisotopic (exact) mass is 422 g/mol. The van der Waals surface area contributed by atoms with Crippen LogP contribution in [-0.2, 0) is 0 Å². The lowest BCUT2D eigenvalue weighted by atomic mass is 9.87. The maximum atomic E-state index is 10.9. The molecule has 0 spiro atoms. The van der Waals surface area contributed by atoms with Gasteiger partial charge in [-0.05, 0) is 44.0 Å². The third-order valence-corrected chi connectivity index (χ3v) is 6.26. The molecule has 0 aromatic heterocycles. The fourth-order valence-corrected chi connectivity index (χ4v) is 4.62. The summed E-state index contributed by atoms with van der Waals surface area (Å²) in [5.74, 6) is 1.86. The number of piperazine rings is 1. The largest absolute Gasteiger partial charge is 0.486 e. The summed E-state index contributed by atoms with van der Waals surface area (Å²) in [6.07, 6.45) is 1.19. The van der Waals surface area contributed by atoms with Crippen molar-refractivity contribution in [2.75, 3.05) is 50.8 Å². The van der Waals surface area contributed by atoms with Gasteiger partial charge in [-0.3, -0.25) is 4.90 Å². The number of hydrogen-bond acceptors (Lipinski definition) is 5. The van der Waals surface area contributed by atoms with Crippen molar-refractivity contribution in [1.82, 2.24) is 4.90 Å². The number of fused-ring (bicyclic) bond motifs is 1. The number of hydrogen-bond donors (Lipinski definition) is 1. The molecule has 2 aromatic rings. The summed E-state index contributed by atoms with van der Waals surface area (Å²) in [5.41, 5.74) is 3.37. The summed E-state index contributed by atoms with van der Waals surface area (Å²) in [4.78, 5) is 4.90. The normalized spacial score (nSPS) is 18.5. The molecule has 0 bridgehead atoms. The van der Waals surface area contributed by atoms with Crippen LogP contribution in [0.3, 0.4) is 0 Å². The van der Waals surface area contributed by atoms with E-state index >= 15 is 0 Å². The molecule has 2 aliphatic rings. The Labute approximate surface area is 185 Å². The second kappa shape index (κ2) is 10.2. The average Bonchev–Trinajstić information content (AvgIpc) is 2.79. The quantitative estimate of drug-likeness (QED) is 0.650. The van der Waals surface area contributed by atoms with Gasteiger partial charge in [0.2, 0.25) is 0 Å². The van der Waals surface area contributed by atoms with Crippen LogP contribution in [0.5, 0.6) is 11.5 Å². The summed E-state index contributed by atoms with van der Waals surface area (Å²) in [6, 6.07) is 16.6. The summed E-state index contributed by atoms with van der Waals surface area (Å²) in [7, 11) is 0. The zero-order valence-corrected chi connectivity index (χ0v) is 18.5. The van der Waals surface area contributed by atoms with E-state index in [9.17, 15) is 5.11 Å². The van der Waals surface area contributed by atoms with Gasteiger partial charge < -0.3 is 19.5 Å². The van der Waals surface area contributed by atoms with Crippen LogP contribution in [0.1, 0.15) is 31.2 Å². The van der Waals surface area contributed by atoms with Crippen LogP contribution in [0.4, 0.5) is 5.69 Å². The van der Waals surface area contributed by atoms with Crippen molar-refractivity contribution >= 4 is 5.69 Å². The summed E-state index contributed by atoms with van der Waals surface area (Å²) >= 11 is 0. The SMILES string of the molecule is C=C(C)CC(O)C(CCN1CCN(c2cccc3c2OCCO3)CC1)c1ccccc1. The summed E-state index contributed by atoms with van der Waals surface area (Å²) < 4.78 is 11.6. The predicted octanol–water partition coefficient (Wildman–Crippen LogP) is 4.08. The van der Waals surface area contributed by atoms with Gasteiger partial charge in [-0.2, -0.15) is 0 Å². The Morgan fingerprint density at radius 2 is 1.74 bits per heavy atom. The van der Waals surface area contributed by atoms with E-state index in [1.165, 1.54) is 5.56 Å². The standard InChI is InChI=1S/C26H34N2O3/c1-20(2)19-24(29)22(21-7-4-3-5-8-21)11-12-27-13-15-28(16-14-27)23-9-6-10-25-26(23)31-18-17-30-25/h3-10,22,24,29H,1,11-19H2,2H3. The van der Waals surface area contributed by atoms with Gasteiger partial charge in [0.25, 0.3) is 0 Å². The smallest absolute Gasteiger partial charge is 0.184 e. The third-order valence-electron chi connectivity index (χ3n) is 6.26. The highest BCUT2D eigenvalue weighted by molar-refractivity contribution is 5.65. The number of aliphatic hydroxyl groups excluding tert-OH is 1. The first kappa shape index (κ1) is 21.7. The van der Waals surface area contributed by atoms with Crippen LogP contribution in [-0.4, -0.2) is 62.0 Å². The van der Waals surface area contributed by atoms with E-state index in [0.29, 0.717) is 19.6 Å². The number of benzene rings is 2. The number of ether oxygens (including phenoxy) is 2. The zero-order valence-electron chi connectivity index (χ0n) is 18.5. The van der Waals surface area contributed by atoms with Crippen LogP contribution < -0.4 is 14.4 Å². The average molecular weight is 423 g/mol. The molecule has 0 radical (unpaired) electrons. The molecule has 5 heteroatoms. The molecule has 31 heavy (non-hydrogen) atoms. The van der Waals surface area contributed by atoms with Crippen molar-refractivity contribution < 1.29 is 14.6 Å². The molecular weight excluding hydrogens is 388 g/mol. The third kappa shape index (κ3) is 5.41. The molecule has 2 unspecified atom stereocenters. The van der Waals surface area contributed by atoms with Gasteiger partial charge in [-0.1, -0.05) is 42.0 Å². The highest BCUT2D eigenvalue weighted by atomic mass is 16.6. The first-order chi connectivity index (χ1) is 15.1. The number of aliphatic hydroxyl groups is 1. The molecule has 2 aromatic carbocycles. The Balaban J connectivity index is 1.35. The molecule has 0 aliphatic carbocycles. The molecule has 2 atom stereocenters. The van der Waals surface area contributed by atoms with Gasteiger partial charge in [0, 0.05) is 32.1 Å². The van der Waals surface area contributed by atoms with Crippen LogP contribution in [0.25, 0.3) is 0 Å². The van der Waals surface area contributed by atoms with Gasteiger partial charge in [0.1, 0.15) is 13.2 Å². The fraction of sp³-hybridized carbons (Fsp3) is 0.462. The minimum Gasteiger partial charge on any atom is -0.486 e. The molecular formula is C26H34N2O3. The Hall–Kier alpha value is -2.50. The van der Waals surface area contributed by atoms with Crippen LogP contribution in [0, 0.1) is 0 Å². The predicted molar refractivity (Wildman–Crippen MR) is 125 cm³/mol. The number of anilines is 1.